The van der Waals surface area contributed by atoms with E-state index < -0.39 is 0 Å². The van der Waals surface area contributed by atoms with Gasteiger partial charge in [0.25, 0.3) is 0 Å². The lowest BCUT2D eigenvalue weighted by molar-refractivity contribution is 0.365. The quantitative estimate of drug-likeness (QED) is 0.374. The van der Waals surface area contributed by atoms with Gasteiger partial charge in [-0.15, -0.1) is 31.7 Å². The molecule has 0 saturated carbocycles. The molecule has 0 fully saturated rings. The highest BCUT2D eigenvalue weighted by Gasteiger charge is 2.33. The van der Waals surface area contributed by atoms with Gasteiger partial charge in [-0.25, -0.2) is 0 Å². The van der Waals surface area contributed by atoms with E-state index >= 15 is 0 Å². The zero-order chi connectivity index (χ0) is 23.5. The van der Waals surface area contributed by atoms with Crippen molar-refractivity contribution in [2.45, 2.75) is 59.4 Å². The van der Waals surface area contributed by atoms with Gasteiger partial charge in [0.1, 0.15) is 16.9 Å². The molecule has 1 aliphatic heterocycles. The molecule has 1 aromatic carbocycles. The normalized spacial score (nSPS) is 15.7. The number of benzene rings is 1. The first-order valence-corrected chi connectivity index (χ1v) is 12.0. The van der Waals surface area contributed by atoms with Crippen LogP contribution in [0.5, 0.6) is 0 Å². The van der Waals surface area contributed by atoms with Gasteiger partial charge in [0, 0.05) is 26.4 Å². The van der Waals surface area contributed by atoms with Gasteiger partial charge in [-0.1, -0.05) is 44.5 Å². The number of halogens is 1. The van der Waals surface area contributed by atoms with Crippen molar-refractivity contribution in [2.24, 2.45) is 4.99 Å². The van der Waals surface area contributed by atoms with Crippen LogP contribution in [0.4, 0.5) is 0 Å². The minimum absolute atomic E-state index is 0.220. The van der Waals surface area contributed by atoms with Crippen LogP contribution in [-0.4, -0.2) is 30.7 Å². The summed E-state index contributed by atoms with van der Waals surface area (Å²) < 4.78 is 8.13. The van der Waals surface area contributed by atoms with Crippen LogP contribution in [0.3, 0.4) is 0 Å². The Kier molecular flexibility index (Phi) is 5.25. The average Bonchev–Trinajstić information content (AvgIpc) is 3.42. The van der Waals surface area contributed by atoms with E-state index in [1.165, 1.54) is 10.4 Å². The van der Waals surface area contributed by atoms with Crippen molar-refractivity contribution < 1.29 is 4.42 Å². The van der Waals surface area contributed by atoms with E-state index in [1.807, 2.05) is 31.2 Å². The summed E-state index contributed by atoms with van der Waals surface area (Å²) in [6.07, 6.45) is 0.436. The molecule has 0 aliphatic carbocycles. The number of hydrogen-bond acceptors (Lipinski definition) is 7. The van der Waals surface area contributed by atoms with Gasteiger partial charge in [0.15, 0.2) is 5.82 Å². The van der Waals surface area contributed by atoms with E-state index in [-0.39, 0.29) is 11.5 Å². The number of rotatable bonds is 3. The topological polar surface area (TPSA) is 82.0 Å². The van der Waals surface area contributed by atoms with Crippen molar-refractivity contribution >= 4 is 28.6 Å². The lowest BCUT2D eigenvalue weighted by Crippen LogP contribution is -2.11. The monoisotopic (exact) mass is 480 g/mol. The number of thiophene rings is 1. The molecule has 0 amide bonds. The Morgan fingerprint density at radius 2 is 1.76 bits per heavy atom. The Hall–Kier alpha value is -2.84. The Morgan fingerprint density at radius 3 is 2.42 bits per heavy atom. The minimum Gasteiger partial charge on any atom is -0.425 e. The predicted molar refractivity (Wildman–Crippen MR) is 130 cm³/mol. The lowest BCUT2D eigenvalue weighted by atomic mass is 9.97. The standard InChI is InChI=1S/C24H25ClN6OS/c1-12-13(2)33-22-19(12)20(15-7-9-16(25)10-8-15)26-17(21-29-27-14(3)31(21)22)11-18-28-30-23(32-18)24(4,5)6/h7-10,17H,11H2,1-6H3. The number of aryl methyl sites for hydroxylation is 2. The molecule has 0 saturated heterocycles. The maximum absolute atomic E-state index is 6.18. The summed E-state index contributed by atoms with van der Waals surface area (Å²) in [6.45, 7) is 12.4. The van der Waals surface area contributed by atoms with Gasteiger partial charge in [-0.2, -0.15) is 0 Å². The highest BCUT2D eigenvalue weighted by molar-refractivity contribution is 7.15. The fraction of sp³-hybridized carbons (Fsp3) is 0.375. The molecular weight excluding hydrogens is 456 g/mol. The van der Waals surface area contributed by atoms with Crippen LogP contribution in [0.2, 0.25) is 5.02 Å². The second kappa shape index (κ2) is 7.88. The van der Waals surface area contributed by atoms with E-state index in [0.29, 0.717) is 23.2 Å². The Labute approximate surface area is 201 Å². The van der Waals surface area contributed by atoms with E-state index in [1.54, 1.807) is 11.3 Å². The second-order valence-corrected chi connectivity index (χ2v) is 11.0. The zero-order valence-electron chi connectivity index (χ0n) is 19.5. The minimum atomic E-state index is -0.329. The third kappa shape index (κ3) is 3.81. The van der Waals surface area contributed by atoms with Crippen LogP contribution in [0.1, 0.15) is 71.8 Å². The summed E-state index contributed by atoms with van der Waals surface area (Å²) in [6, 6.07) is 7.49. The molecule has 0 spiro atoms. The van der Waals surface area contributed by atoms with Gasteiger partial charge in [-0.05, 0) is 38.5 Å². The maximum atomic E-state index is 6.18. The first-order valence-electron chi connectivity index (χ1n) is 10.8. The molecular formula is C24H25ClN6OS. The Bertz CT molecular complexity index is 1370. The first-order chi connectivity index (χ1) is 15.6. The predicted octanol–water partition coefficient (Wildman–Crippen LogP) is 5.72. The number of aromatic nitrogens is 5. The fourth-order valence-corrected chi connectivity index (χ4v) is 5.28. The molecule has 5 rings (SSSR count). The van der Waals surface area contributed by atoms with Crippen LogP contribution < -0.4 is 0 Å². The van der Waals surface area contributed by atoms with Gasteiger partial charge in [-0.3, -0.25) is 9.56 Å². The van der Waals surface area contributed by atoms with E-state index in [0.717, 1.165) is 33.5 Å². The lowest BCUT2D eigenvalue weighted by Gasteiger charge is -2.12. The molecule has 170 valence electrons. The summed E-state index contributed by atoms with van der Waals surface area (Å²) in [5, 5.41) is 19.3. The fourth-order valence-electron chi connectivity index (χ4n) is 3.94. The van der Waals surface area contributed by atoms with Gasteiger partial charge >= 0.3 is 0 Å². The maximum Gasteiger partial charge on any atom is 0.221 e. The van der Waals surface area contributed by atoms with E-state index in [4.69, 9.17) is 21.0 Å². The van der Waals surface area contributed by atoms with Crippen LogP contribution in [-0.2, 0) is 11.8 Å². The zero-order valence-corrected chi connectivity index (χ0v) is 21.0. The highest BCUT2D eigenvalue weighted by atomic mass is 35.5. The van der Waals surface area contributed by atoms with Gasteiger partial charge < -0.3 is 4.42 Å². The summed E-state index contributed by atoms with van der Waals surface area (Å²) >= 11 is 7.92. The molecule has 1 aliphatic rings. The summed E-state index contributed by atoms with van der Waals surface area (Å²) in [7, 11) is 0. The summed E-state index contributed by atoms with van der Waals surface area (Å²) in [5.74, 6) is 2.74. The van der Waals surface area contributed by atoms with Crippen molar-refractivity contribution in [3.8, 4) is 5.00 Å². The van der Waals surface area contributed by atoms with E-state index in [9.17, 15) is 0 Å². The van der Waals surface area contributed by atoms with Crippen molar-refractivity contribution in [3.05, 3.63) is 74.3 Å². The molecule has 9 heteroatoms. The third-order valence-corrected chi connectivity index (χ3v) is 7.28. The molecule has 0 radical (unpaired) electrons. The second-order valence-electron chi connectivity index (χ2n) is 9.36. The summed E-state index contributed by atoms with van der Waals surface area (Å²) in [5.41, 5.74) is 4.00. The average molecular weight is 481 g/mol. The Balaban J connectivity index is 1.70. The molecule has 0 N–H and O–H groups in total. The molecule has 33 heavy (non-hydrogen) atoms. The van der Waals surface area contributed by atoms with Crippen LogP contribution in [0.25, 0.3) is 5.00 Å². The van der Waals surface area contributed by atoms with E-state index in [2.05, 4.69) is 59.6 Å². The third-order valence-electron chi connectivity index (χ3n) is 5.83. The first kappa shape index (κ1) is 22.0. The molecule has 0 bridgehead atoms. The molecule has 7 nitrogen and oxygen atoms in total. The SMILES string of the molecule is Cc1sc2c(c1C)C(c1ccc(Cl)cc1)=NC(Cc1nnc(C(C)(C)C)o1)c1nnc(C)n1-2. The number of fused-ring (bicyclic) bond motifs is 3. The van der Waals surface area contributed by atoms with Crippen molar-refractivity contribution in [2.75, 3.05) is 0 Å². The largest absolute Gasteiger partial charge is 0.425 e. The van der Waals surface area contributed by atoms with Crippen molar-refractivity contribution in [3.63, 3.8) is 0 Å². The van der Waals surface area contributed by atoms with Crippen LogP contribution in [0.15, 0.2) is 33.7 Å². The smallest absolute Gasteiger partial charge is 0.221 e. The molecule has 4 heterocycles. The molecule has 4 aromatic rings. The van der Waals surface area contributed by atoms with Crippen LogP contribution >= 0.6 is 22.9 Å². The molecule has 3 aromatic heterocycles. The molecule has 1 unspecified atom stereocenters. The van der Waals surface area contributed by atoms with Crippen molar-refractivity contribution in [1.82, 2.24) is 25.0 Å². The van der Waals surface area contributed by atoms with Gasteiger partial charge in [0.2, 0.25) is 11.8 Å². The number of hydrogen-bond donors (Lipinski definition) is 0. The number of aliphatic imine (C=N–C) groups is 1. The summed E-state index contributed by atoms with van der Waals surface area (Å²) in [4.78, 5) is 6.48. The Morgan fingerprint density at radius 1 is 1.03 bits per heavy atom. The number of nitrogens with zero attached hydrogens (tertiary/aromatic N) is 6. The highest BCUT2D eigenvalue weighted by Crippen LogP contribution is 2.39. The molecule has 1 atom stereocenters. The van der Waals surface area contributed by atoms with Gasteiger partial charge in [0.05, 0.1) is 12.1 Å². The van der Waals surface area contributed by atoms with Crippen LogP contribution in [0, 0.1) is 20.8 Å². The van der Waals surface area contributed by atoms with Crippen molar-refractivity contribution in [1.29, 1.82) is 0 Å².